The zero-order chi connectivity index (χ0) is 24.1. The van der Waals surface area contributed by atoms with E-state index in [1.807, 2.05) is 13.8 Å². The Kier molecular flexibility index (Phi) is 5.45. The molecule has 4 aliphatic carbocycles. The highest BCUT2D eigenvalue weighted by atomic mass is 16.7. The molecule has 2 aliphatic heterocycles. The third-order valence-electron chi connectivity index (χ3n) is 12.0. The van der Waals surface area contributed by atoms with E-state index in [1.165, 1.54) is 25.7 Å². The van der Waals surface area contributed by atoms with Crippen LogP contribution >= 0.6 is 0 Å². The van der Waals surface area contributed by atoms with E-state index in [9.17, 15) is 10.2 Å². The predicted molar refractivity (Wildman–Crippen MR) is 133 cm³/mol. The molecule has 34 heavy (non-hydrogen) atoms. The molecular formula is C29H47NO4. The van der Waals surface area contributed by atoms with E-state index in [0.717, 1.165) is 50.3 Å². The summed E-state index contributed by atoms with van der Waals surface area (Å²) in [5.74, 6) is 2.30. The molecule has 4 saturated carbocycles. The third-order valence-corrected chi connectivity index (χ3v) is 12.0. The van der Waals surface area contributed by atoms with Crippen molar-refractivity contribution in [3.63, 3.8) is 0 Å². The van der Waals surface area contributed by atoms with E-state index in [0.29, 0.717) is 35.7 Å². The number of fused-ring (bicyclic) bond motifs is 8. The zero-order valence-electron chi connectivity index (χ0n) is 22.1. The van der Waals surface area contributed by atoms with Crippen molar-refractivity contribution in [3.05, 3.63) is 0 Å². The Hall–Kier alpha value is -0.490. The zero-order valence-corrected chi connectivity index (χ0v) is 22.1. The monoisotopic (exact) mass is 473 g/mol. The van der Waals surface area contributed by atoms with Crippen molar-refractivity contribution in [1.82, 2.24) is 0 Å². The second-order valence-electron chi connectivity index (χ2n) is 13.8. The molecule has 12 atom stereocenters. The molecule has 6 aliphatic rings. The first-order chi connectivity index (χ1) is 16.0. The van der Waals surface area contributed by atoms with Gasteiger partial charge in [-0.25, -0.2) is 0 Å². The lowest BCUT2D eigenvalue weighted by Crippen LogP contribution is -2.69. The molecule has 192 valence electrons. The average molecular weight is 474 g/mol. The molecule has 0 aromatic heterocycles. The van der Waals surface area contributed by atoms with E-state index < -0.39 is 11.4 Å². The number of rotatable bonds is 2. The fourth-order valence-corrected chi connectivity index (χ4v) is 10.8. The molecular weight excluding hydrogens is 426 g/mol. The van der Waals surface area contributed by atoms with Crippen LogP contribution in [0, 0.1) is 46.3 Å². The molecule has 2 N–H and O–H groups in total. The summed E-state index contributed by atoms with van der Waals surface area (Å²) in [6, 6.07) is 0. The predicted octanol–water partition coefficient (Wildman–Crippen LogP) is 4.98. The van der Waals surface area contributed by atoms with Crippen molar-refractivity contribution >= 4 is 5.71 Å². The summed E-state index contributed by atoms with van der Waals surface area (Å²) in [6.07, 6.45) is 9.83. The van der Waals surface area contributed by atoms with Gasteiger partial charge in [-0.2, -0.15) is 0 Å². The molecule has 0 aromatic carbocycles. The minimum absolute atomic E-state index is 0.0262. The van der Waals surface area contributed by atoms with Gasteiger partial charge in [0.05, 0.1) is 12.2 Å². The average Bonchev–Trinajstić information content (AvgIpc) is 3.06. The van der Waals surface area contributed by atoms with Gasteiger partial charge in [-0.3, -0.25) is 4.99 Å². The molecule has 1 saturated heterocycles. The first-order valence-corrected chi connectivity index (χ1v) is 14.3. The Morgan fingerprint density at radius 2 is 1.79 bits per heavy atom. The second-order valence-corrected chi connectivity index (χ2v) is 13.8. The molecule has 0 aromatic rings. The molecule has 5 fully saturated rings. The molecule has 2 heterocycles. The molecule has 12 unspecified atom stereocenters. The van der Waals surface area contributed by atoms with Gasteiger partial charge < -0.3 is 19.7 Å². The van der Waals surface area contributed by atoms with Crippen LogP contribution in [0.4, 0.5) is 0 Å². The second kappa shape index (κ2) is 7.76. The summed E-state index contributed by atoms with van der Waals surface area (Å²) in [6.45, 7) is 12.6. The summed E-state index contributed by atoms with van der Waals surface area (Å²) in [4.78, 5) is 4.95. The Bertz CT molecular complexity index is 857. The van der Waals surface area contributed by atoms with Gasteiger partial charge in [-0.15, -0.1) is 0 Å². The number of nitrogens with zero attached hydrogens (tertiary/aromatic N) is 1. The van der Waals surface area contributed by atoms with Gasteiger partial charge in [0.2, 0.25) is 5.79 Å². The molecule has 0 radical (unpaired) electrons. The number of aliphatic hydroxyl groups excluding tert-OH is 1. The minimum Gasteiger partial charge on any atom is -0.393 e. The lowest BCUT2D eigenvalue weighted by Gasteiger charge is -2.62. The number of hydrogen-bond donors (Lipinski definition) is 2. The molecule has 5 nitrogen and oxygen atoms in total. The van der Waals surface area contributed by atoms with Gasteiger partial charge in [0.1, 0.15) is 11.3 Å². The highest BCUT2D eigenvalue weighted by Gasteiger charge is 2.71. The number of aliphatic hydroxyl groups is 2. The van der Waals surface area contributed by atoms with Crippen molar-refractivity contribution in [1.29, 1.82) is 0 Å². The van der Waals surface area contributed by atoms with Crippen molar-refractivity contribution in [3.8, 4) is 0 Å². The Morgan fingerprint density at radius 3 is 2.56 bits per heavy atom. The van der Waals surface area contributed by atoms with Crippen molar-refractivity contribution < 1.29 is 19.7 Å². The van der Waals surface area contributed by atoms with Gasteiger partial charge in [0.25, 0.3) is 0 Å². The number of ether oxygens (including phenoxy) is 2. The van der Waals surface area contributed by atoms with E-state index in [2.05, 4.69) is 20.8 Å². The molecule has 0 bridgehead atoms. The lowest BCUT2D eigenvalue weighted by atomic mass is 9.44. The molecule has 0 amide bonds. The van der Waals surface area contributed by atoms with Gasteiger partial charge in [-0.05, 0) is 106 Å². The van der Waals surface area contributed by atoms with Crippen LogP contribution in [-0.2, 0) is 9.47 Å². The Balaban J connectivity index is 1.35. The quantitative estimate of drug-likeness (QED) is 0.593. The van der Waals surface area contributed by atoms with Gasteiger partial charge >= 0.3 is 0 Å². The van der Waals surface area contributed by atoms with E-state index in [1.54, 1.807) is 0 Å². The largest absolute Gasteiger partial charge is 0.393 e. The van der Waals surface area contributed by atoms with Crippen LogP contribution in [0.1, 0.15) is 92.4 Å². The number of aliphatic imine (C=N–C) groups is 1. The van der Waals surface area contributed by atoms with Gasteiger partial charge in [0.15, 0.2) is 0 Å². The summed E-state index contributed by atoms with van der Waals surface area (Å²) in [5, 5.41) is 22.6. The smallest absolute Gasteiger partial charge is 0.211 e. The van der Waals surface area contributed by atoms with Crippen LogP contribution in [0.15, 0.2) is 4.99 Å². The van der Waals surface area contributed by atoms with Crippen molar-refractivity contribution in [2.45, 2.75) is 116 Å². The van der Waals surface area contributed by atoms with Crippen LogP contribution in [0.3, 0.4) is 0 Å². The van der Waals surface area contributed by atoms with Crippen LogP contribution in [-0.4, -0.2) is 52.7 Å². The topological polar surface area (TPSA) is 71.3 Å². The van der Waals surface area contributed by atoms with Crippen LogP contribution < -0.4 is 0 Å². The SMILES string of the molecule is CCOC12CC(C)CN=C1C(C)(O)C1C(CC3C4CCC5CC(O)CCC5(C)C4CCC31C)O2. The fourth-order valence-electron chi connectivity index (χ4n) is 10.8. The number of hydrogen-bond acceptors (Lipinski definition) is 5. The van der Waals surface area contributed by atoms with Gasteiger partial charge in [-0.1, -0.05) is 20.8 Å². The lowest BCUT2D eigenvalue weighted by molar-refractivity contribution is -0.267. The first-order valence-electron chi connectivity index (χ1n) is 14.3. The summed E-state index contributed by atoms with van der Waals surface area (Å²) < 4.78 is 13.3. The van der Waals surface area contributed by atoms with Gasteiger partial charge in [0, 0.05) is 25.5 Å². The summed E-state index contributed by atoms with van der Waals surface area (Å²) in [7, 11) is 0. The minimum atomic E-state index is -0.995. The molecule has 0 spiro atoms. The maximum atomic E-state index is 12.3. The standard InChI is InChI=1S/C29H47NO4/c1-6-33-29-15-17(2)16-30-25(29)28(5,32)24-23(34-29)14-22-20-8-7-18-13-19(31)9-11-26(18,3)21(20)10-12-27(22,24)4/h17-24,31-32H,6-16H2,1-5H3. The normalized spacial score (nSPS) is 58.6. The third kappa shape index (κ3) is 3.08. The van der Waals surface area contributed by atoms with Crippen molar-refractivity contribution in [2.24, 2.45) is 51.3 Å². The van der Waals surface area contributed by atoms with E-state index >= 15 is 0 Å². The summed E-state index contributed by atoms with van der Waals surface area (Å²) >= 11 is 0. The fraction of sp³-hybridized carbons (Fsp3) is 0.966. The van der Waals surface area contributed by atoms with E-state index in [4.69, 9.17) is 14.5 Å². The highest BCUT2D eigenvalue weighted by molar-refractivity contribution is 5.99. The van der Waals surface area contributed by atoms with Crippen LogP contribution in [0.5, 0.6) is 0 Å². The maximum absolute atomic E-state index is 12.3. The summed E-state index contributed by atoms with van der Waals surface area (Å²) in [5.41, 5.74) is 0.198. The first kappa shape index (κ1) is 23.9. The van der Waals surface area contributed by atoms with Crippen LogP contribution in [0.2, 0.25) is 0 Å². The molecule has 5 heteroatoms. The Labute approximate surface area is 206 Å². The van der Waals surface area contributed by atoms with Crippen LogP contribution in [0.25, 0.3) is 0 Å². The van der Waals surface area contributed by atoms with E-state index in [-0.39, 0.29) is 23.5 Å². The maximum Gasteiger partial charge on any atom is 0.211 e. The molecule has 6 rings (SSSR count). The highest BCUT2D eigenvalue weighted by Crippen LogP contribution is 2.70. The van der Waals surface area contributed by atoms with Crippen molar-refractivity contribution in [2.75, 3.05) is 13.2 Å². The Morgan fingerprint density at radius 1 is 1.03 bits per heavy atom.